The van der Waals surface area contributed by atoms with Crippen molar-refractivity contribution in [2.24, 2.45) is 0 Å². The monoisotopic (exact) mass is 539 g/mol. The lowest BCUT2D eigenvalue weighted by Gasteiger charge is -2.17. The average Bonchev–Trinajstić information content (AvgIpc) is 3.22. The van der Waals surface area contributed by atoms with E-state index >= 15 is 0 Å². The Balaban J connectivity index is 1.76. The zero-order valence-electron chi connectivity index (χ0n) is 20.0. The van der Waals surface area contributed by atoms with Gasteiger partial charge in [-0.15, -0.1) is 11.3 Å². The maximum absolute atomic E-state index is 13.4. The molecule has 1 aromatic carbocycles. The van der Waals surface area contributed by atoms with Crippen LogP contribution < -0.4 is 10.3 Å². The van der Waals surface area contributed by atoms with Crippen LogP contribution in [0.2, 0.25) is 0 Å². The Morgan fingerprint density at radius 3 is 2.53 bits per heavy atom. The van der Waals surface area contributed by atoms with Crippen LogP contribution in [0.1, 0.15) is 53.2 Å². The second kappa shape index (κ2) is 9.76. The fraction of sp³-hybridized carbons (Fsp3) is 0.320. The molecule has 0 aliphatic rings. The lowest BCUT2D eigenvalue weighted by Crippen LogP contribution is -2.24. The highest BCUT2D eigenvalue weighted by Crippen LogP contribution is 2.28. The second-order valence-electron chi connectivity index (χ2n) is 8.48. The van der Waals surface area contributed by atoms with Gasteiger partial charge in [0.2, 0.25) is 5.88 Å². The molecule has 0 radical (unpaired) electrons. The summed E-state index contributed by atoms with van der Waals surface area (Å²) in [6.07, 6.45) is 1.85. The van der Waals surface area contributed by atoms with E-state index in [0.29, 0.717) is 5.82 Å². The first-order chi connectivity index (χ1) is 16.2. The van der Waals surface area contributed by atoms with Crippen molar-refractivity contribution in [2.45, 2.75) is 54.1 Å². The summed E-state index contributed by atoms with van der Waals surface area (Å²) in [5.74, 6) is 1.79. The summed E-state index contributed by atoms with van der Waals surface area (Å²) in [5.41, 5.74) is 5.02. The smallest absolute Gasteiger partial charge is 0.276 e. The van der Waals surface area contributed by atoms with E-state index in [0.717, 1.165) is 44.6 Å². The van der Waals surface area contributed by atoms with Crippen molar-refractivity contribution in [3.05, 3.63) is 78.1 Å². The number of aromatic nitrogens is 5. The minimum Gasteiger partial charge on any atom is -0.470 e. The summed E-state index contributed by atoms with van der Waals surface area (Å²) in [6, 6.07) is 6.00. The summed E-state index contributed by atoms with van der Waals surface area (Å²) in [6.45, 7) is 12.1. The van der Waals surface area contributed by atoms with Crippen molar-refractivity contribution in [3.8, 4) is 22.8 Å². The second-order valence-corrected chi connectivity index (χ2v) is 10.3. The van der Waals surface area contributed by atoms with Gasteiger partial charge < -0.3 is 4.74 Å². The van der Waals surface area contributed by atoms with Gasteiger partial charge in [0.15, 0.2) is 0 Å². The van der Waals surface area contributed by atoms with Gasteiger partial charge in [0.25, 0.3) is 5.56 Å². The molecule has 7 nitrogen and oxygen atoms in total. The minimum atomic E-state index is -0.237. The fourth-order valence-corrected chi connectivity index (χ4v) is 4.58. The van der Waals surface area contributed by atoms with Crippen LogP contribution in [-0.4, -0.2) is 24.5 Å². The molecule has 0 saturated carbocycles. The Bertz CT molecular complexity index is 1430. The summed E-state index contributed by atoms with van der Waals surface area (Å²) < 4.78 is 7.69. The highest BCUT2D eigenvalue weighted by atomic mass is 79.9. The van der Waals surface area contributed by atoms with Gasteiger partial charge >= 0.3 is 0 Å². The van der Waals surface area contributed by atoms with E-state index in [-0.39, 0.29) is 28.4 Å². The molecule has 0 unspecified atom stereocenters. The molecule has 3 aromatic heterocycles. The molecule has 0 amide bonds. The standard InChI is InChI=1S/C25H26BrN5O2S/c1-13(2)23-27-10-15(4)22(30-23)18-8-7-14(3)20(9-18)31-16(5)28-24(21(26)25(31)32)33-11-19-12-34-17(6)29-19/h7-10,12-13H,11H2,1-6H3. The Morgan fingerprint density at radius 2 is 1.85 bits per heavy atom. The number of hydrogen-bond acceptors (Lipinski definition) is 7. The molecule has 0 bridgehead atoms. The van der Waals surface area contributed by atoms with Crippen LogP contribution in [0.4, 0.5) is 0 Å². The summed E-state index contributed by atoms with van der Waals surface area (Å²) in [5, 5.41) is 2.90. The molecule has 0 fully saturated rings. The van der Waals surface area contributed by atoms with Crippen LogP contribution in [-0.2, 0) is 6.61 Å². The number of hydrogen-bond donors (Lipinski definition) is 0. The van der Waals surface area contributed by atoms with E-state index < -0.39 is 0 Å². The molecule has 0 aliphatic carbocycles. The predicted octanol–water partition coefficient (Wildman–Crippen LogP) is 5.84. The highest BCUT2D eigenvalue weighted by Gasteiger charge is 2.18. The van der Waals surface area contributed by atoms with Gasteiger partial charge in [0, 0.05) is 23.1 Å². The van der Waals surface area contributed by atoms with Crippen LogP contribution in [0.25, 0.3) is 16.9 Å². The molecule has 34 heavy (non-hydrogen) atoms. The molecule has 0 aliphatic heterocycles. The van der Waals surface area contributed by atoms with E-state index in [2.05, 4.69) is 44.7 Å². The molecule has 0 spiro atoms. The van der Waals surface area contributed by atoms with E-state index in [4.69, 9.17) is 9.72 Å². The molecule has 3 heterocycles. The lowest BCUT2D eigenvalue weighted by atomic mass is 10.0. The zero-order valence-corrected chi connectivity index (χ0v) is 22.4. The summed E-state index contributed by atoms with van der Waals surface area (Å²) in [4.78, 5) is 31.6. The SMILES string of the molecule is Cc1nc(COc2nc(C)n(-c3cc(-c4nc(C(C)C)ncc4C)ccc3C)c(=O)c2Br)cs1. The van der Waals surface area contributed by atoms with Gasteiger partial charge in [-0.05, 0) is 60.8 Å². The van der Waals surface area contributed by atoms with E-state index in [9.17, 15) is 4.79 Å². The van der Waals surface area contributed by atoms with Crippen molar-refractivity contribution in [2.75, 3.05) is 0 Å². The third kappa shape index (κ3) is 4.81. The molecule has 4 aromatic rings. The van der Waals surface area contributed by atoms with Crippen LogP contribution >= 0.6 is 27.3 Å². The van der Waals surface area contributed by atoms with Gasteiger partial charge in [-0.3, -0.25) is 9.36 Å². The van der Waals surface area contributed by atoms with E-state index in [1.54, 1.807) is 22.8 Å². The molecule has 0 atom stereocenters. The number of thiazole rings is 1. The van der Waals surface area contributed by atoms with Gasteiger partial charge in [-0.2, -0.15) is 4.98 Å². The van der Waals surface area contributed by atoms with Crippen molar-refractivity contribution >= 4 is 27.3 Å². The average molecular weight is 540 g/mol. The van der Waals surface area contributed by atoms with Crippen molar-refractivity contribution < 1.29 is 4.74 Å². The number of aryl methyl sites for hydroxylation is 4. The third-order valence-electron chi connectivity index (χ3n) is 5.42. The van der Waals surface area contributed by atoms with Crippen LogP contribution in [0.5, 0.6) is 5.88 Å². The first-order valence-electron chi connectivity index (χ1n) is 10.9. The van der Waals surface area contributed by atoms with E-state index in [1.165, 1.54) is 0 Å². The van der Waals surface area contributed by atoms with Gasteiger partial charge in [-0.25, -0.2) is 15.0 Å². The first kappa shape index (κ1) is 24.2. The summed E-state index contributed by atoms with van der Waals surface area (Å²) in [7, 11) is 0. The Hall–Kier alpha value is -2.91. The van der Waals surface area contributed by atoms with Crippen molar-refractivity contribution in [1.82, 2.24) is 24.5 Å². The molecule has 0 saturated heterocycles. The largest absolute Gasteiger partial charge is 0.470 e. The molecular formula is C25H26BrN5O2S. The van der Waals surface area contributed by atoms with Gasteiger partial charge in [0.1, 0.15) is 22.7 Å². The quantitative estimate of drug-likeness (QED) is 0.306. The van der Waals surface area contributed by atoms with Crippen LogP contribution in [0.15, 0.2) is 39.0 Å². The Morgan fingerprint density at radius 1 is 1.09 bits per heavy atom. The van der Waals surface area contributed by atoms with Gasteiger partial charge in [0.05, 0.1) is 22.1 Å². The van der Waals surface area contributed by atoms with Crippen LogP contribution in [0.3, 0.4) is 0 Å². The molecule has 176 valence electrons. The van der Waals surface area contributed by atoms with E-state index in [1.807, 2.05) is 50.5 Å². The first-order valence-corrected chi connectivity index (χ1v) is 12.6. The van der Waals surface area contributed by atoms with Crippen molar-refractivity contribution in [1.29, 1.82) is 0 Å². The highest BCUT2D eigenvalue weighted by molar-refractivity contribution is 9.10. The number of nitrogens with zero attached hydrogens (tertiary/aromatic N) is 5. The fourth-order valence-electron chi connectivity index (χ4n) is 3.60. The minimum absolute atomic E-state index is 0.218. The maximum Gasteiger partial charge on any atom is 0.276 e. The number of ether oxygens (including phenoxy) is 1. The topological polar surface area (TPSA) is 82.8 Å². The zero-order chi connectivity index (χ0) is 24.6. The third-order valence-corrected chi connectivity index (χ3v) is 6.92. The number of rotatable bonds is 6. The summed E-state index contributed by atoms with van der Waals surface area (Å²) >= 11 is 4.96. The van der Waals surface area contributed by atoms with Crippen molar-refractivity contribution in [3.63, 3.8) is 0 Å². The number of benzene rings is 1. The Kier molecular flexibility index (Phi) is 6.95. The lowest BCUT2D eigenvalue weighted by molar-refractivity contribution is 0.285. The van der Waals surface area contributed by atoms with Crippen LogP contribution in [0, 0.1) is 27.7 Å². The molecular weight excluding hydrogens is 514 g/mol. The normalized spacial score (nSPS) is 11.3. The number of halogens is 1. The molecule has 4 rings (SSSR count). The maximum atomic E-state index is 13.4. The molecule has 9 heteroatoms. The predicted molar refractivity (Wildman–Crippen MR) is 138 cm³/mol. The molecule has 0 N–H and O–H groups in total. The van der Waals surface area contributed by atoms with Gasteiger partial charge in [-0.1, -0.05) is 26.0 Å². The Labute approximate surface area is 211 Å².